The second-order valence-electron chi connectivity index (χ2n) is 10.4. The van der Waals surface area contributed by atoms with Crippen LogP contribution in [0.5, 0.6) is 0 Å². The lowest BCUT2D eigenvalue weighted by atomic mass is 10.1. The van der Waals surface area contributed by atoms with E-state index in [1.54, 1.807) is 28.8 Å². The molecule has 0 unspecified atom stereocenters. The fourth-order valence-corrected chi connectivity index (χ4v) is 5.08. The lowest BCUT2D eigenvalue weighted by molar-refractivity contribution is -0.134. The number of ether oxygens (including phenoxy) is 1. The van der Waals surface area contributed by atoms with Gasteiger partial charge < -0.3 is 14.5 Å². The number of piperazine rings is 1. The number of anilines is 1. The van der Waals surface area contributed by atoms with Gasteiger partial charge in [-0.25, -0.2) is 13.9 Å². The molecule has 5 rings (SSSR count). The molecule has 0 N–H and O–H groups in total. The summed E-state index contributed by atoms with van der Waals surface area (Å²) in [7, 11) is 0. The summed E-state index contributed by atoms with van der Waals surface area (Å²) in [6.45, 7) is 9.90. The minimum absolute atomic E-state index is 0.000433. The first-order valence-electron chi connectivity index (χ1n) is 13.5. The van der Waals surface area contributed by atoms with Crippen LogP contribution in [0.2, 0.25) is 0 Å². The monoisotopic (exact) mass is 534 g/mol. The van der Waals surface area contributed by atoms with Crippen LogP contribution >= 0.6 is 0 Å². The fourth-order valence-electron chi connectivity index (χ4n) is 5.08. The van der Waals surface area contributed by atoms with Crippen LogP contribution in [-0.2, 0) is 20.9 Å². The van der Waals surface area contributed by atoms with Crippen molar-refractivity contribution in [2.45, 2.75) is 33.2 Å². The highest BCUT2D eigenvalue weighted by molar-refractivity contribution is 5.93. The Labute approximate surface area is 227 Å². The van der Waals surface area contributed by atoms with Crippen molar-refractivity contribution < 1.29 is 18.7 Å². The van der Waals surface area contributed by atoms with Gasteiger partial charge in [-0.05, 0) is 43.7 Å². The van der Waals surface area contributed by atoms with E-state index in [1.165, 1.54) is 6.07 Å². The van der Waals surface area contributed by atoms with Crippen LogP contribution in [0.1, 0.15) is 32.3 Å². The highest BCUT2D eigenvalue weighted by atomic mass is 19.1. The van der Waals surface area contributed by atoms with Gasteiger partial charge in [0.25, 0.3) is 0 Å². The van der Waals surface area contributed by atoms with Crippen molar-refractivity contribution in [1.82, 2.24) is 24.4 Å². The summed E-state index contributed by atoms with van der Waals surface area (Å²) in [4.78, 5) is 35.7. The van der Waals surface area contributed by atoms with Crippen molar-refractivity contribution in [3.8, 4) is 11.4 Å². The molecule has 0 aliphatic carbocycles. The van der Waals surface area contributed by atoms with Crippen LogP contribution < -0.4 is 4.90 Å². The number of amides is 1. The summed E-state index contributed by atoms with van der Waals surface area (Å²) in [6, 6.07) is 8.66. The van der Waals surface area contributed by atoms with E-state index in [9.17, 15) is 14.0 Å². The summed E-state index contributed by atoms with van der Waals surface area (Å²) < 4.78 is 22.0. The van der Waals surface area contributed by atoms with Crippen molar-refractivity contribution >= 4 is 23.0 Å². The van der Waals surface area contributed by atoms with E-state index in [-0.39, 0.29) is 30.3 Å². The lowest BCUT2D eigenvalue weighted by Gasteiger charge is -2.34. The lowest BCUT2D eigenvalue weighted by Crippen LogP contribution is -2.48. The van der Waals surface area contributed by atoms with Crippen molar-refractivity contribution in [3.05, 3.63) is 59.6 Å². The Kier molecular flexibility index (Phi) is 8.33. The zero-order chi connectivity index (χ0) is 27.4. The number of carbonyl (C=O) groups excluding carboxylic acids is 2. The van der Waals surface area contributed by atoms with Crippen molar-refractivity contribution in [1.29, 1.82) is 0 Å². The maximum Gasteiger partial charge on any atom is 0.223 e. The van der Waals surface area contributed by atoms with Crippen molar-refractivity contribution in [2.24, 2.45) is 0 Å². The molecule has 4 heterocycles. The maximum absolute atomic E-state index is 14.6. The van der Waals surface area contributed by atoms with Gasteiger partial charge in [0, 0.05) is 64.9 Å². The molecular weight excluding hydrogens is 499 g/mol. The number of hydrogen-bond donors (Lipinski definition) is 0. The number of benzene rings is 1. The molecule has 0 bridgehead atoms. The molecule has 2 fully saturated rings. The SMILES string of the molecule is CC(C)=CC(=O)CCC(=O)N1CCN(Cc2cc3c(N4CCOCC4)nc(-c4ccccc4F)nn3c2)CC1. The average molecular weight is 535 g/mol. The Balaban J connectivity index is 1.29. The number of allylic oxidation sites excluding steroid dienone is 2. The molecule has 0 radical (unpaired) electrons. The molecule has 9 nitrogen and oxygen atoms in total. The van der Waals surface area contributed by atoms with Crippen LogP contribution in [-0.4, -0.2) is 88.6 Å². The van der Waals surface area contributed by atoms with Gasteiger partial charge in [0.1, 0.15) is 11.3 Å². The van der Waals surface area contributed by atoms with E-state index in [1.807, 2.05) is 24.9 Å². The Morgan fingerprint density at radius 2 is 1.77 bits per heavy atom. The Hall–Kier alpha value is -3.63. The maximum atomic E-state index is 14.6. The number of carbonyl (C=O) groups is 2. The third-order valence-electron chi connectivity index (χ3n) is 7.09. The number of ketones is 1. The average Bonchev–Trinajstić information content (AvgIpc) is 3.34. The second kappa shape index (κ2) is 12.0. The molecule has 1 aromatic carbocycles. The zero-order valence-corrected chi connectivity index (χ0v) is 22.6. The van der Waals surface area contributed by atoms with Gasteiger partial charge in [-0.1, -0.05) is 17.7 Å². The van der Waals surface area contributed by atoms with Crippen LogP contribution in [0, 0.1) is 5.82 Å². The predicted octanol–water partition coefficient (Wildman–Crippen LogP) is 3.33. The molecule has 206 valence electrons. The van der Waals surface area contributed by atoms with Gasteiger partial charge in [-0.3, -0.25) is 14.5 Å². The summed E-state index contributed by atoms with van der Waals surface area (Å²) in [5.41, 5.74) is 3.27. The minimum atomic E-state index is -0.356. The number of aromatic nitrogens is 3. The molecule has 2 aliphatic rings. The summed E-state index contributed by atoms with van der Waals surface area (Å²) >= 11 is 0. The van der Waals surface area contributed by atoms with E-state index in [4.69, 9.17) is 9.72 Å². The van der Waals surface area contributed by atoms with Crippen LogP contribution in [0.15, 0.2) is 48.2 Å². The molecule has 1 amide bonds. The van der Waals surface area contributed by atoms with Gasteiger partial charge in [-0.2, -0.15) is 0 Å². The van der Waals surface area contributed by atoms with Gasteiger partial charge in [0.2, 0.25) is 5.91 Å². The van der Waals surface area contributed by atoms with E-state index in [2.05, 4.69) is 21.0 Å². The third-order valence-corrected chi connectivity index (χ3v) is 7.09. The smallest absolute Gasteiger partial charge is 0.223 e. The van der Waals surface area contributed by atoms with Crippen LogP contribution in [0.4, 0.5) is 10.2 Å². The quantitative estimate of drug-likeness (QED) is 0.410. The number of morpholine rings is 1. The summed E-state index contributed by atoms with van der Waals surface area (Å²) in [6.07, 6.45) is 4.09. The number of fused-ring (bicyclic) bond motifs is 1. The topological polar surface area (TPSA) is 83.3 Å². The minimum Gasteiger partial charge on any atom is -0.378 e. The van der Waals surface area contributed by atoms with Gasteiger partial charge in [-0.15, -0.1) is 5.10 Å². The summed E-state index contributed by atoms with van der Waals surface area (Å²) in [5.74, 6) is 0.799. The number of nitrogens with zero attached hydrogens (tertiary/aromatic N) is 6. The first-order valence-corrected chi connectivity index (χ1v) is 13.5. The standard InChI is InChI=1S/C29H35FN6O3/c1-21(2)17-23(37)7-8-27(38)34-11-9-33(10-12-34)19-22-18-26-29(35-13-15-39-16-14-35)31-28(32-36(26)20-22)24-5-3-4-6-25(24)30/h3-6,17-18,20H,7-16,19H2,1-2H3. The first kappa shape index (κ1) is 27.0. The molecule has 10 heteroatoms. The van der Waals surface area contributed by atoms with Gasteiger partial charge in [0.15, 0.2) is 17.4 Å². The van der Waals surface area contributed by atoms with Gasteiger partial charge >= 0.3 is 0 Å². The van der Waals surface area contributed by atoms with E-state index in [0.29, 0.717) is 57.3 Å². The molecule has 2 aromatic heterocycles. The number of rotatable bonds is 8. The molecule has 39 heavy (non-hydrogen) atoms. The molecule has 0 saturated carbocycles. The third kappa shape index (κ3) is 6.51. The van der Waals surface area contributed by atoms with E-state index >= 15 is 0 Å². The summed E-state index contributed by atoms with van der Waals surface area (Å²) in [5, 5.41) is 4.67. The highest BCUT2D eigenvalue weighted by Gasteiger charge is 2.24. The van der Waals surface area contributed by atoms with Crippen molar-refractivity contribution in [3.63, 3.8) is 0 Å². The Bertz CT molecular complexity index is 1370. The van der Waals surface area contributed by atoms with Crippen molar-refractivity contribution in [2.75, 3.05) is 57.4 Å². The number of halogens is 1. The zero-order valence-electron chi connectivity index (χ0n) is 22.6. The highest BCUT2D eigenvalue weighted by Crippen LogP contribution is 2.27. The van der Waals surface area contributed by atoms with Gasteiger partial charge in [0.05, 0.1) is 18.8 Å². The number of hydrogen-bond acceptors (Lipinski definition) is 7. The molecule has 2 aliphatic heterocycles. The molecule has 0 spiro atoms. The molecular formula is C29H35FN6O3. The predicted molar refractivity (Wildman–Crippen MR) is 147 cm³/mol. The molecule has 0 atom stereocenters. The van der Waals surface area contributed by atoms with E-state index in [0.717, 1.165) is 35.6 Å². The Morgan fingerprint density at radius 3 is 2.49 bits per heavy atom. The second-order valence-corrected chi connectivity index (χ2v) is 10.4. The first-order chi connectivity index (χ1) is 18.9. The largest absolute Gasteiger partial charge is 0.378 e. The van der Waals surface area contributed by atoms with Crippen LogP contribution in [0.25, 0.3) is 16.9 Å². The fraction of sp³-hybridized carbons (Fsp3) is 0.448. The molecule has 3 aromatic rings. The molecule has 2 saturated heterocycles. The Morgan fingerprint density at radius 1 is 1.03 bits per heavy atom. The van der Waals surface area contributed by atoms with Crippen LogP contribution in [0.3, 0.4) is 0 Å². The van der Waals surface area contributed by atoms with E-state index < -0.39 is 0 Å². The normalized spacial score (nSPS) is 16.5.